The molecular formula is C31H42Cl2N6O4S. The Kier molecular flexibility index (Phi) is 14.3. The lowest BCUT2D eigenvalue weighted by molar-refractivity contribution is 0.241. The fraction of sp³-hybridized carbons (Fsp3) is 0.452. The zero-order chi connectivity index (χ0) is 32.0. The van der Waals surface area contributed by atoms with Crippen LogP contribution < -0.4 is 25.6 Å². The molecule has 1 heterocycles. The Bertz CT molecular complexity index is 1490. The predicted molar refractivity (Wildman–Crippen MR) is 179 cm³/mol. The minimum absolute atomic E-state index is 0.0145. The number of aryl methyl sites for hydroxylation is 2. The molecule has 44 heavy (non-hydrogen) atoms. The Hall–Kier alpha value is -3.28. The Labute approximate surface area is 270 Å². The number of benzene rings is 2. The van der Waals surface area contributed by atoms with Gasteiger partial charge >= 0.3 is 6.03 Å². The molecule has 0 unspecified atom stereocenters. The van der Waals surface area contributed by atoms with Crippen molar-refractivity contribution in [2.45, 2.75) is 71.6 Å². The molecule has 0 aliphatic heterocycles. The molecule has 0 spiro atoms. The molecule has 10 nitrogen and oxygen atoms in total. The first-order valence-corrected chi connectivity index (χ1v) is 17.6. The molecule has 3 rings (SSSR count). The average molecular weight is 666 g/mol. The summed E-state index contributed by atoms with van der Waals surface area (Å²) in [5, 5.41) is 2.74. The number of rotatable bonds is 18. The van der Waals surface area contributed by atoms with Gasteiger partial charge < -0.3 is 10.1 Å². The van der Waals surface area contributed by atoms with Crippen LogP contribution in [0.5, 0.6) is 5.75 Å². The fourth-order valence-corrected chi connectivity index (χ4v) is 5.31. The standard InChI is InChI=1S/C31H42Cl2N6O4S/c1-4-6-8-12-22-16-17-26(23(20-22)13-9-7-5-2)43-19-11-18-34-31(40)38-37-30-27(32)28(33)35-29(36-30)24-14-10-15-25(21-24)39-44(3,41)42/h10,14-17,20-21,39H,4-9,11-13,18-19H2,1-3H3,(H2,34,38,40)(H,35,36,37). The van der Waals surface area contributed by atoms with Crippen molar-refractivity contribution in [2.24, 2.45) is 0 Å². The molecule has 0 bridgehead atoms. The van der Waals surface area contributed by atoms with Gasteiger partial charge in [0, 0.05) is 17.8 Å². The van der Waals surface area contributed by atoms with Gasteiger partial charge in [0.05, 0.1) is 12.9 Å². The van der Waals surface area contributed by atoms with Gasteiger partial charge in [-0.15, -0.1) is 0 Å². The van der Waals surface area contributed by atoms with Crippen LogP contribution in [-0.4, -0.2) is 43.8 Å². The molecule has 240 valence electrons. The van der Waals surface area contributed by atoms with Crippen molar-refractivity contribution in [3.63, 3.8) is 0 Å². The van der Waals surface area contributed by atoms with Crippen LogP contribution in [0.2, 0.25) is 10.2 Å². The SMILES string of the molecule is CCCCCc1ccc(OCCCNC(=O)NNc2nc(-c3cccc(NS(C)(=O)=O)c3)nc(Cl)c2Cl)c(CCCCC)c1. The van der Waals surface area contributed by atoms with Crippen LogP contribution in [-0.2, 0) is 22.9 Å². The second-order valence-electron chi connectivity index (χ2n) is 10.5. The van der Waals surface area contributed by atoms with E-state index in [4.69, 9.17) is 27.9 Å². The third-order valence-electron chi connectivity index (χ3n) is 6.64. The maximum absolute atomic E-state index is 12.4. The maximum Gasteiger partial charge on any atom is 0.333 e. The van der Waals surface area contributed by atoms with Crippen molar-refractivity contribution < 1.29 is 17.9 Å². The van der Waals surface area contributed by atoms with Crippen LogP contribution >= 0.6 is 23.2 Å². The molecule has 3 aromatic rings. The molecule has 0 saturated carbocycles. The Morgan fingerprint density at radius 3 is 2.41 bits per heavy atom. The van der Waals surface area contributed by atoms with Gasteiger partial charge in [-0.3, -0.25) is 15.6 Å². The van der Waals surface area contributed by atoms with Gasteiger partial charge in [-0.25, -0.2) is 23.2 Å². The summed E-state index contributed by atoms with van der Waals surface area (Å²) in [4.78, 5) is 20.9. The second kappa shape index (κ2) is 17.9. The number of hydrazine groups is 1. The summed E-state index contributed by atoms with van der Waals surface area (Å²) in [5.74, 6) is 1.17. The highest BCUT2D eigenvalue weighted by atomic mass is 35.5. The van der Waals surface area contributed by atoms with Gasteiger partial charge in [0.25, 0.3) is 0 Å². The van der Waals surface area contributed by atoms with E-state index in [2.05, 4.69) is 62.9 Å². The monoisotopic (exact) mass is 664 g/mol. The van der Waals surface area contributed by atoms with Crippen molar-refractivity contribution >= 4 is 50.8 Å². The quantitative estimate of drug-likeness (QED) is 0.0633. The highest BCUT2D eigenvalue weighted by molar-refractivity contribution is 7.92. The minimum atomic E-state index is -3.47. The number of aromatic nitrogens is 2. The Morgan fingerprint density at radius 1 is 0.932 bits per heavy atom. The molecule has 1 aromatic heterocycles. The molecule has 0 radical (unpaired) electrons. The number of ether oxygens (including phenoxy) is 1. The van der Waals surface area contributed by atoms with Gasteiger partial charge in [0.15, 0.2) is 16.8 Å². The number of hydrogen-bond acceptors (Lipinski definition) is 7. The van der Waals surface area contributed by atoms with Crippen LogP contribution in [0, 0.1) is 0 Å². The molecular weight excluding hydrogens is 623 g/mol. The van der Waals surface area contributed by atoms with Gasteiger partial charge in [0.2, 0.25) is 10.0 Å². The van der Waals surface area contributed by atoms with E-state index >= 15 is 0 Å². The van der Waals surface area contributed by atoms with E-state index in [0.29, 0.717) is 30.8 Å². The molecule has 0 saturated heterocycles. The number of halogens is 2. The third kappa shape index (κ3) is 12.0. The van der Waals surface area contributed by atoms with Crippen LogP contribution in [0.25, 0.3) is 11.4 Å². The normalized spacial score (nSPS) is 11.2. The fourth-order valence-electron chi connectivity index (χ4n) is 4.45. The number of urea groups is 1. The highest BCUT2D eigenvalue weighted by Crippen LogP contribution is 2.30. The van der Waals surface area contributed by atoms with Crippen LogP contribution in [0.1, 0.15) is 69.9 Å². The summed E-state index contributed by atoms with van der Waals surface area (Å²) >= 11 is 12.5. The van der Waals surface area contributed by atoms with Gasteiger partial charge in [0.1, 0.15) is 10.8 Å². The van der Waals surface area contributed by atoms with Crippen molar-refractivity contribution in [3.05, 3.63) is 63.8 Å². The minimum Gasteiger partial charge on any atom is -0.493 e. The topological polar surface area (TPSA) is 134 Å². The number of anilines is 2. The van der Waals surface area contributed by atoms with E-state index in [1.54, 1.807) is 24.3 Å². The summed E-state index contributed by atoms with van der Waals surface area (Å²) in [5.41, 5.74) is 8.60. The molecule has 0 atom stereocenters. The number of nitrogens with one attached hydrogen (secondary N) is 4. The number of carbonyl (C=O) groups excluding carboxylic acids is 1. The third-order valence-corrected chi connectivity index (χ3v) is 7.97. The second-order valence-corrected chi connectivity index (χ2v) is 13.0. The number of nitrogens with zero attached hydrogens (tertiary/aromatic N) is 2. The van der Waals surface area contributed by atoms with Gasteiger partial charge in [-0.2, -0.15) is 0 Å². The smallest absolute Gasteiger partial charge is 0.333 e. The number of carbonyl (C=O) groups is 1. The molecule has 2 amide bonds. The summed E-state index contributed by atoms with van der Waals surface area (Å²) in [6.45, 7) is 5.27. The number of unbranched alkanes of at least 4 members (excludes halogenated alkanes) is 4. The molecule has 13 heteroatoms. The summed E-state index contributed by atoms with van der Waals surface area (Å²) < 4.78 is 31.7. The van der Waals surface area contributed by atoms with E-state index in [1.165, 1.54) is 43.2 Å². The van der Waals surface area contributed by atoms with E-state index < -0.39 is 16.1 Å². The predicted octanol–water partition coefficient (Wildman–Crippen LogP) is 7.38. The average Bonchev–Trinajstić information content (AvgIpc) is 2.98. The lowest BCUT2D eigenvalue weighted by Crippen LogP contribution is -2.40. The van der Waals surface area contributed by atoms with Crippen molar-refractivity contribution in [1.29, 1.82) is 0 Å². The van der Waals surface area contributed by atoms with E-state index in [9.17, 15) is 13.2 Å². The number of amides is 2. The summed E-state index contributed by atoms with van der Waals surface area (Å²) in [7, 11) is -3.47. The van der Waals surface area contributed by atoms with Gasteiger partial charge in [-0.05, 0) is 61.4 Å². The highest BCUT2D eigenvalue weighted by Gasteiger charge is 2.14. The van der Waals surface area contributed by atoms with E-state index in [-0.39, 0.29) is 21.8 Å². The lowest BCUT2D eigenvalue weighted by Gasteiger charge is -2.14. The van der Waals surface area contributed by atoms with Gasteiger partial charge in [-0.1, -0.05) is 87.0 Å². The van der Waals surface area contributed by atoms with E-state index in [0.717, 1.165) is 31.3 Å². The lowest BCUT2D eigenvalue weighted by atomic mass is 10.00. The summed E-state index contributed by atoms with van der Waals surface area (Å²) in [6.07, 6.45) is 10.9. The largest absolute Gasteiger partial charge is 0.493 e. The maximum atomic E-state index is 12.4. The van der Waals surface area contributed by atoms with Crippen molar-refractivity contribution in [3.8, 4) is 17.1 Å². The zero-order valence-electron chi connectivity index (χ0n) is 25.5. The molecule has 0 aliphatic rings. The molecule has 0 aliphatic carbocycles. The van der Waals surface area contributed by atoms with Crippen LogP contribution in [0.4, 0.5) is 16.3 Å². The molecule has 4 N–H and O–H groups in total. The molecule has 0 fully saturated rings. The van der Waals surface area contributed by atoms with Crippen molar-refractivity contribution in [1.82, 2.24) is 20.7 Å². The van der Waals surface area contributed by atoms with Crippen molar-refractivity contribution in [2.75, 3.05) is 29.6 Å². The number of hydrogen-bond donors (Lipinski definition) is 4. The zero-order valence-corrected chi connectivity index (χ0v) is 27.8. The van der Waals surface area contributed by atoms with Crippen LogP contribution in [0.15, 0.2) is 42.5 Å². The van der Waals surface area contributed by atoms with E-state index in [1.807, 2.05) is 0 Å². The Balaban J connectivity index is 1.50. The first-order chi connectivity index (χ1) is 21.1. The first kappa shape index (κ1) is 35.2. The molecule has 2 aromatic carbocycles. The first-order valence-electron chi connectivity index (χ1n) is 14.9. The van der Waals surface area contributed by atoms with Crippen LogP contribution in [0.3, 0.4) is 0 Å². The summed E-state index contributed by atoms with van der Waals surface area (Å²) in [6, 6.07) is 12.5. The Morgan fingerprint density at radius 2 is 1.68 bits per heavy atom. The number of sulfonamides is 1.